The van der Waals surface area contributed by atoms with Crippen molar-refractivity contribution in [2.24, 2.45) is 0 Å². The van der Waals surface area contributed by atoms with Crippen LogP contribution < -0.4 is 4.74 Å². The number of hydrogen-bond acceptors (Lipinski definition) is 4. The fourth-order valence-corrected chi connectivity index (χ4v) is 1.32. The summed E-state index contributed by atoms with van der Waals surface area (Å²) in [4.78, 5) is 22.7. The Morgan fingerprint density at radius 3 is 2.41 bits per heavy atom. The molecule has 92 valence electrons. The van der Waals surface area contributed by atoms with Crippen molar-refractivity contribution in [3.8, 4) is 5.75 Å². The van der Waals surface area contributed by atoms with Crippen molar-refractivity contribution < 1.29 is 19.1 Å². The minimum absolute atomic E-state index is 0.214. The fraction of sp³-hybridized carbons (Fsp3) is 0.385. The van der Waals surface area contributed by atoms with Crippen molar-refractivity contribution in [1.82, 2.24) is 0 Å². The van der Waals surface area contributed by atoms with Gasteiger partial charge in [-0.1, -0.05) is 6.07 Å². The molecule has 0 atom stereocenters. The molecule has 0 saturated carbocycles. The van der Waals surface area contributed by atoms with Crippen LogP contribution in [0.5, 0.6) is 5.75 Å². The third kappa shape index (κ3) is 3.90. The van der Waals surface area contributed by atoms with Crippen molar-refractivity contribution in [3.63, 3.8) is 0 Å². The number of aryl methyl sites for hydroxylation is 1. The first-order valence-electron chi connectivity index (χ1n) is 5.40. The Morgan fingerprint density at radius 1 is 1.24 bits per heavy atom. The number of carbonyl (C=O) groups excluding carboxylic acids is 2. The molecule has 0 amide bonds. The number of benzene rings is 1. The van der Waals surface area contributed by atoms with E-state index in [0.29, 0.717) is 0 Å². The van der Waals surface area contributed by atoms with Crippen LogP contribution in [0.15, 0.2) is 18.2 Å². The van der Waals surface area contributed by atoms with E-state index in [1.165, 1.54) is 6.92 Å². The largest absolute Gasteiger partial charge is 0.459 e. The summed E-state index contributed by atoms with van der Waals surface area (Å²) >= 11 is 0. The van der Waals surface area contributed by atoms with Gasteiger partial charge in [0.1, 0.15) is 11.3 Å². The molecule has 1 aromatic carbocycles. The van der Waals surface area contributed by atoms with E-state index >= 15 is 0 Å². The molecule has 4 nitrogen and oxygen atoms in total. The molecule has 0 aliphatic rings. The van der Waals surface area contributed by atoms with Crippen LogP contribution in [0.25, 0.3) is 0 Å². The van der Waals surface area contributed by atoms with Crippen molar-refractivity contribution in [2.75, 3.05) is 0 Å². The van der Waals surface area contributed by atoms with E-state index in [4.69, 9.17) is 9.47 Å². The summed E-state index contributed by atoms with van der Waals surface area (Å²) in [6.07, 6.45) is -0.214. The van der Waals surface area contributed by atoms with Crippen LogP contribution in [-0.2, 0) is 9.53 Å². The van der Waals surface area contributed by atoms with Gasteiger partial charge < -0.3 is 9.47 Å². The number of rotatable bonds is 3. The molecule has 0 aromatic heterocycles. The van der Waals surface area contributed by atoms with E-state index in [9.17, 15) is 9.59 Å². The van der Waals surface area contributed by atoms with Gasteiger partial charge in [-0.05, 0) is 38.5 Å². The number of hydrogen-bond donors (Lipinski definition) is 0. The topological polar surface area (TPSA) is 52.6 Å². The second-order valence-corrected chi connectivity index (χ2v) is 4.05. The van der Waals surface area contributed by atoms with Gasteiger partial charge in [0.05, 0.1) is 6.10 Å². The van der Waals surface area contributed by atoms with Crippen LogP contribution in [0.3, 0.4) is 0 Å². The van der Waals surface area contributed by atoms with Gasteiger partial charge in [0, 0.05) is 6.92 Å². The average molecular weight is 236 g/mol. The van der Waals surface area contributed by atoms with Crippen LogP contribution in [0.4, 0.5) is 0 Å². The zero-order valence-corrected chi connectivity index (χ0v) is 10.4. The molecule has 0 N–H and O–H groups in total. The normalized spacial score (nSPS) is 10.2. The SMILES string of the molecule is CC(=O)Oc1cc(C)ccc1C(=O)OC(C)C. The summed E-state index contributed by atoms with van der Waals surface area (Å²) in [5.41, 5.74) is 1.17. The maximum absolute atomic E-state index is 11.8. The highest BCUT2D eigenvalue weighted by atomic mass is 16.6. The molecule has 0 saturated heterocycles. The Morgan fingerprint density at radius 2 is 1.88 bits per heavy atom. The number of ether oxygens (including phenoxy) is 2. The molecule has 0 aliphatic heterocycles. The maximum Gasteiger partial charge on any atom is 0.342 e. The molecular weight excluding hydrogens is 220 g/mol. The molecule has 1 rings (SSSR count). The monoisotopic (exact) mass is 236 g/mol. The predicted molar refractivity (Wildman–Crippen MR) is 63.0 cm³/mol. The van der Waals surface area contributed by atoms with Gasteiger partial charge in [-0.25, -0.2) is 4.79 Å². The van der Waals surface area contributed by atoms with E-state index in [-0.39, 0.29) is 17.4 Å². The van der Waals surface area contributed by atoms with Gasteiger partial charge in [-0.15, -0.1) is 0 Å². The predicted octanol–water partition coefficient (Wildman–Crippen LogP) is 2.49. The first kappa shape index (κ1) is 13.2. The van der Waals surface area contributed by atoms with Gasteiger partial charge >= 0.3 is 11.9 Å². The van der Waals surface area contributed by atoms with Gasteiger partial charge in [-0.3, -0.25) is 4.79 Å². The average Bonchev–Trinajstić information content (AvgIpc) is 2.15. The van der Waals surface area contributed by atoms with Crippen LogP contribution in [-0.4, -0.2) is 18.0 Å². The molecule has 17 heavy (non-hydrogen) atoms. The van der Waals surface area contributed by atoms with Gasteiger partial charge in [-0.2, -0.15) is 0 Å². The third-order valence-corrected chi connectivity index (χ3v) is 1.95. The summed E-state index contributed by atoms with van der Waals surface area (Å²) in [5.74, 6) is -0.714. The van der Waals surface area contributed by atoms with Gasteiger partial charge in [0.2, 0.25) is 0 Å². The standard InChI is InChI=1S/C13H16O4/c1-8(2)16-13(15)11-6-5-9(3)7-12(11)17-10(4)14/h5-8H,1-4H3. The summed E-state index contributed by atoms with van der Waals surface area (Å²) < 4.78 is 10.1. The first-order chi connectivity index (χ1) is 7.90. The second kappa shape index (κ2) is 5.48. The first-order valence-corrected chi connectivity index (χ1v) is 5.40. The van der Waals surface area contributed by atoms with Gasteiger partial charge in [0.15, 0.2) is 0 Å². The molecule has 0 fully saturated rings. The maximum atomic E-state index is 11.8. The van der Waals surface area contributed by atoms with Gasteiger partial charge in [0.25, 0.3) is 0 Å². The Bertz CT molecular complexity index is 435. The Balaban J connectivity index is 3.05. The zero-order chi connectivity index (χ0) is 13.0. The number of esters is 2. The minimum Gasteiger partial charge on any atom is -0.459 e. The Kier molecular flexibility index (Phi) is 4.26. The summed E-state index contributed by atoms with van der Waals surface area (Å²) in [6.45, 7) is 6.67. The highest BCUT2D eigenvalue weighted by Gasteiger charge is 2.16. The molecule has 1 aromatic rings. The molecular formula is C13H16O4. The molecule has 0 unspecified atom stereocenters. The molecule has 4 heteroatoms. The minimum atomic E-state index is -0.490. The van der Waals surface area contributed by atoms with Crippen LogP contribution >= 0.6 is 0 Å². The lowest BCUT2D eigenvalue weighted by molar-refractivity contribution is -0.131. The van der Waals surface area contributed by atoms with Crippen LogP contribution in [0.1, 0.15) is 36.7 Å². The second-order valence-electron chi connectivity index (χ2n) is 4.05. The molecule has 0 aliphatic carbocycles. The van der Waals surface area contributed by atoms with Crippen molar-refractivity contribution in [2.45, 2.75) is 33.8 Å². The molecule has 0 radical (unpaired) electrons. The third-order valence-electron chi connectivity index (χ3n) is 1.95. The van der Waals surface area contributed by atoms with E-state index in [1.54, 1.807) is 32.0 Å². The fourth-order valence-electron chi connectivity index (χ4n) is 1.32. The lowest BCUT2D eigenvalue weighted by atomic mass is 10.1. The smallest absolute Gasteiger partial charge is 0.342 e. The highest BCUT2D eigenvalue weighted by molar-refractivity contribution is 5.93. The van der Waals surface area contributed by atoms with Crippen molar-refractivity contribution >= 4 is 11.9 Å². The summed E-state index contributed by atoms with van der Waals surface area (Å²) in [5, 5.41) is 0. The van der Waals surface area contributed by atoms with Crippen molar-refractivity contribution in [1.29, 1.82) is 0 Å². The van der Waals surface area contributed by atoms with Crippen molar-refractivity contribution in [3.05, 3.63) is 29.3 Å². The molecule has 0 bridgehead atoms. The Labute approximate surface area is 101 Å². The van der Waals surface area contributed by atoms with Crippen LogP contribution in [0, 0.1) is 6.92 Å². The lowest BCUT2D eigenvalue weighted by Gasteiger charge is -2.11. The Hall–Kier alpha value is -1.84. The van der Waals surface area contributed by atoms with Crippen LogP contribution in [0.2, 0.25) is 0 Å². The zero-order valence-electron chi connectivity index (χ0n) is 10.4. The van der Waals surface area contributed by atoms with E-state index < -0.39 is 11.9 Å². The van der Waals surface area contributed by atoms with E-state index in [2.05, 4.69) is 0 Å². The summed E-state index contributed by atoms with van der Waals surface area (Å²) in [6, 6.07) is 5.00. The lowest BCUT2D eigenvalue weighted by Crippen LogP contribution is -2.14. The quantitative estimate of drug-likeness (QED) is 0.597. The molecule has 0 spiro atoms. The molecule has 0 heterocycles. The van der Waals surface area contributed by atoms with E-state index in [0.717, 1.165) is 5.56 Å². The van der Waals surface area contributed by atoms with E-state index in [1.807, 2.05) is 6.92 Å². The summed E-state index contributed by atoms with van der Waals surface area (Å²) in [7, 11) is 0. The highest BCUT2D eigenvalue weighted by Crippen LogP contribution is 2.22. The number of carbonyl (C=O) groups is 2.